The quantitative estimate of drug-likeness (QED) is 0.696. The number of hydrogen-bond donors (Lipinski definition) is 1. The Morgan fingerprint density at radius 3 is 2.93 bits per heavy atom. The van der Waals surface area contributed by atoms with Gasteiger partial charge in [0, 0.05) is 25.3 Å². The van der Waals surface area contributed by atoms with Crippen molar-refractivity contribution in [2.45, 2.75) is 12.8 Å². The minimum Gasteiger partial charge on any atom is -0.381 e. The van der Waals surface area contributed by atoms with Gasteiger partial charge in [-0.2, -0.15) is 0 Å². The van der Waals surface area contributed by atoms with Gasteiger partial charge in [0.1, 0.15) is 0 Å². The summed E-state index contributed by atoms with van der Waals surface area (Å²) in [5.41, 5.74) is 0.652. The van der Waals surface area contributed by atoms with Crippen LogP contribution in [0, 0.1) is 5.92 Å². The molecule has 0 aromatic rings. The number of hydrogen-bond acceptors (Lipinski definition) is 4. The molecule has 0 saturated carbocycles. The van der Waals surface area contributed by atoms with Crippen LogP contribution in [0.25, 0.3) is 0 Å². The van der Waals surface area contributed by atoms with Crippen LogP contribution in [0.15, 0.2) is 16.9 Å². The lowest BCUT2D eigenvalue weighted by atomic mass is 9.93. The number of nitrogens with zero attached hydrogens (tertiary/aromatic N) is 1. The van der Waals surface area contributed by atoms with Crippen molar-refractivity contribution in [2.24, 2.45) is 10.9 Å². The molecule has 0 spiro atoms. The van der Waals surface area contributed by atoms with Crippen LogP contribution < -0.4 is 5.32 Å². The lowest BCUT2D eigenvalue weighted by Crippen LogP contribution is -2.32. The molecule has 0 aliphatic carbocycles. The minimum atomic E-state index is 0.121. The third kappa shape index (κ3) is 2.01. The molecule has 0 atom stereocenters. The zero-order valence-corrected chi connectivity index (χ0v) is 8.03. The Balaban J connectivity index is 1.99. The Labute approximate surface area is 83.0 Å². The van der Waals surface area contributed by atoms with Crippen LogP contribution >= 0.6 is 0 Å². The fraction of sp³-hybridized carbons (Fsp3) is 0.600. The number of aliphatic imine (C=N–C) groups is 1. The average molecular weight is 194 g/mol. The van der Waals surface area contributed by atoms with Gasteiger partial charge in [0.15, 0.2) is 5.78 Å². The summed E-state index contributed by atoms with van der Waals surface area (Å²) in [4.78, 5) is 15.9. The fourth-order valence-corrected chi connectivity index (χ4v) is 1.71. The molecule has 1 saturated heterocycles. The summed E-state index contributed by atoms with van der Waals surface area (Å²) >= 11 is 0. The Kier molecular flexibility index (Phi) is 2.93. The van der Waals surface area contributed by atoms with E-state index in [4.69, 9.17) is 4.74 Å². The van der Waals surface area contributed by atoms with E-state index in [0.717, 1.165) is 12.8 Å². The zero-order chi connectivity index (χ0) is 9.80. The van der Waals surface area contributed by atoms with Gasteiger partial charge in [-0.1, -0.05) is 0 Å². The second-order valence-electron chi connectivity index (χ2n) is 3.51. The van der Waals surface area contributed by atoms with Crippen molar-refractivity contribution in [2.75, 3.05) is 19.8 Å². The number of allylic oxidation sites excluding steroid dienone is 1. The molecule has 1 N–H and O–H groups in total. The third-order valence-electron chi connectivity index (χ3n) is 2.55. The van der Waals surface area contributed by atoms with Crippen LogP contribution in [0.1, 0.15) is 12.8 Å². The molecule has 0 bridgehead atoms. The van der Waals surface area contributed by atoms with Gasteiger partial charge in [0.2, 0.25) is 0 Å². The number of carbonyl (C=O) groups is 1. The van der Waals surface area contributed by atoms with E-state index in [1.807, 2.05) is 0 Å². The van der Waals surface area contributed by atoms with Crippen LogP contribution in [-0.4, -0.2) is 31.8 Å². The molecule has 4 heteroatoms. The van der Waals surface area contributed by atoms with Gasteiger partial charge in [-0.25, -0.2) is 0 Å². The third-order valence-corrected chi connectivity index (χ3v) is 2.55. The van der Waals surface area contributed by atoms with E-state index < -0.39 is 0 Å². The molecule has 4 nitrogen and oxygen atoms in total. The Hall–Kier alpha value is -1.16. The highest BCUT2D eigenvalue weighted by molar-refractivity contribution is 5.97. The lowest BCUT2D eigenvalue weighted by molar-refractivity contribution is -0.122. The summed E-state index contributed by atoms with van der Waals surface area (Å²) in [6.45, 7) is 2.06. The van der Waals surface area contributed by atoms with Crippen LogP contribution in [0.4, 0.5) is 0 Å². The van der Waals surface area contributed by atoms with Crippen molar-refractivity contribution in [3.05, 3.63) is 11.9 Å². The fourth-order valence-electron chi connectivity index (χ4n) is 1.71. The summed E-state index contributed by atoms with van der Waals surface area (Å²) in [6.07, 6.45) is 5.03. The van der Waals surface area contributed by atoms with E-state index in [2.05, 4.69) is 10.3 Å². The van der Waals surface area contributed by atoms with Crippen LogP contribution in [0.5, 0.6) is 0 Å². The second kappa shape index (κ2) is 4.37. The maximum atomic E-state index is 11.9. The van der Waals surface area contributed by atoms with E-state index in [9.17, 15) is 4.79 Å². The highest BCUT2D eigenvalue weighted by Crippen LogP contribution is 2.18. The highest BCUT2D eigenvalue weighted by atomic mass is 16.5. The van der Waals surface area contributed by atoms with Gasteiger partial charge in [-0.15, -0.1) is 0 Å². The number of nitrogens with one attached hydrogen (secondary N) is 1. The van der Waals surface area contributed by atoms with Crippen LogP contribution in [0.3, 0.4) is 0 Å². The van der Waals surface area contributed by atoms with Gasteiger partial charge in [0.05, 0.1) is 18.4 Å². The number of carbonyl (C=O) groups excluding carboxylic acids is 1. The summed E-state index contributed by atoms with van der Waals surface area (Å²) in [5.74, 6) is 0.306. The van der Waals surface area contributed by atoms with Gasteiger partial charge in [-0.05, 0) is 12.8 Å². The summed E-state index contributed by atoms with van der Waals surface area (Å²) in [5, 5.41) is 3.04. The van der Waals surface area contributed by atoms with Crippen molar-refractivity contribution in [3.8, 4) is 0 Å². The van der Waals surface area contributed by atoms with Gasteiger partial charge in [-0.3, -0.25) is 9.79 Å². The molecule has 2 aliphatic rings. The monoisotopic (exact) mass is 194 g/mol. The van der Waals surface area contributed by atoms with E-state index in [1.165, 1.54) is 0 Å². The first kappa shape index (κ1) is 9.40. The first-order valence-corrected chi connectivity index (χ1v) is 4.95. The van der Waals surface area contributed by atoms with Crippen molar-refractivity contribution in [1.29, 1.82) is 0 Å². The molecule has 76 valence electrons. The molecule has 0 amide bonds. The summed E-state index contributed by atoms with van der Waals surface area (Å²) < 4.78 is 5.22. The molecule has 1 fully saturated rings. The van der Waals surface area contributed by atoms with Crippen molar-refractivity contribution < 1.29 is 9.53 Å². The predicted molar refractivity (Wildman–Crippen MR) is 53.1 cm³/mol. The summed E-state index contributed by atoms with van der Waals surface area (Å²) in [7, 11) is 0. The highest BCUT2D eigenvalue weighted by Gasteiger charge is 2.24. The van der Waals surface area contributed by atoms with E-state index >= 15 is 0 Å². The SMILES string of the molecule is O=C(C1=CN=CCN1)C1CCOCC1. The maximum Gasteiger partial charge on any atom is 0.183 e. The average Bonchev–Trinajstić information content (AvgIpc) is 2.30. The number of rotatable bonds is 2. The Morgan fingerprint density at radius 1 is 1.50 bits per heavy atom. The molecule has 2 aliphatic heterocycles. The summed E-state index contributed by atoms with van der Waals surface area (Å²) in [6, 6.07) is 0. The lowest BCUT2D eigenvalue weighted by Gasteiger charge is -2.22. The molecule has 2 heterocycles. The zero-order valence-electron chi connectivity index (χ0n) is 8.03. The smallest absolute Gasteiger partial charge is 0.183 e. The van der Waals surface area contributed by atoms with Crippen molar-refractivity contribution in [3.63, 3.8) is 0 Å². The normalized spacial score (nSPS) is 22.7. The molecule has 0 aromatic heterocycles. The maximum absolute atomic E-state index is 11.9. The van der Waals surface area contributed by atoms with Crippen LogP contribution in [-0.2, 0) is 9.53 Å². The first-order valence-electron chi connectivity index (χ1n) is 4.95. The van der Waals surface area contributed by atoms with Gasteiger partial charge in [0.25, 0.3) is 0 Å². The Morgan fingerprint density at radius 2 is 2.29 bits per heavy atom. The van der Waals surface area contributed by atoms with E-state index in [-0.39, 0.29) is 11.7 Å². The van der Waals surface area contributed by atoms with Gasteiger partial charge >= 0.3 is 0 Å². The van der Waals surface area contributed by atoms with Gasteiger partial charge < -0.3 is 10.1 Å². The molecule has 0 aromatic carbocycles. The standard InChI is InChI=1S/C10H14N2O2/c13-10(8-1-5-14-6-2-8)9-7-11-3-4-12-9/h3,7-8,12H,1-2,4-6H2. The van der Waals surface area contributed by atoms with Crippen molar-refractivity contribution in [1.82, 2.24) is 5.32 Å². The Bertz CT molecular complexity index is 278. The second-order valence-corrected chi connectivity index (χ2v) is 3.51. The molecular formula is C10H14N2O2. The van der Waals surface area contributed by atoms with Crippen LogP contribution in [0.2, 0.25) is 0 Å². The molecule has 2 rings (SSSR count). The van der Waals surface area contributed by atoms with E-state index in [0.29, 0.717) is 25.5 Å². The van der Waals surface area contributed by atoms with E-state index in [1.54, 1.807) is 12.4 Å². The molecular weight excluding hydrogens is 180 g/mol. The minimum absolute atomic E-state index is 0.121. The number of ketones is 1. The first-order chi connectivity index (χ1) is 6.88. The number of ether oxygens (including phenoxy) is 1. The molecule has 14 heavy (non-hydrogen) atoms. The molecule has 0 radical (unpaired) electrons. The topological polar surface area (TPSA) is 50.7 Å². The molecule has 0 unspecified atom stereocenters. The predicted octanol–water partition coefficient (Wildman–Crippen LogP) is 0.497. The van der Waals surface area contributed by atoms with Crippen molar-refractivity contribution >= 4 is 12.0 Å². The number of Topliss-reactive ketones (excluding diaryl/α,β-unsaturated/α-hetero) is 1. The largest absolute Gasteiger partial charge is 0.381 e.